The SMILES string of the molecule is Clc1ccc2c(c1)-c1nn3c(-c4cccs4)nnc3cc1CC2. The zero-order valence-electron chi connectivity index (χ0n) is 12.0. The molecule has 0 saturated heterocycles. The van der Waals surface area contributed by atoms with Crippen LogP contribution in [0.3, 0.4) is 0 Å². The minimum atomic E-state index is 0.737. The summed E-state index contributed by atoms with van der Waals surface area (Å²) in [6.07, 6.45) is 1.97. The van der Waals surface area contributed by atoms with Crippen molar-refractivity contribution >= 4 is 28.6 Å². The summed E-state index contributed by atoms with van der Waals surface area (Å²) < 4.78 is 1.83. The molecule has 4 aromatic rings. The van der Waals surface area contributed by atoms with Crippen LogP contribution in [0.4, 0.5) is 0 Å². The maximum Gasteiger partial charge on any atom is 0.195 e. The van der Waals surface area contributed by atoms with Gasteiger partial charge in [-0.15, -0.1) is 21.5 Å². The van der Waals surface area contributed by atoms with Gasteiger partial charge >= 0.3 is 0 Å². The summed E-state index contributed by atoms with van der Waals surface area (Å²) in [5, 5.41) is 16.2. The van der Waals surface area contributed by atoms with Gasteiger partial charge in [0.05, 0.1) is 10.6 Å². The van der Waals surface area contributed by atoms with Crippen molar-refractivity contribution in [3.05, 3.63) is 57.9 Å². The summed E-state index contributed by atoms with van der Waals surface area (Å²) in [5.74, 6) is 0.784. The average Bonchev–Trinajstić information content (AvgIpc) is 3.21. The molecule has 1 aromatic carbocycles. The van der Waals surface area contributed by atoms with E-state index in [0.717, 1.165) is 45.5 Å². The van der Waals surface area contributed by atoms with E-state index in [2.05, 4.69) is 22.3 Å². The van der Waals surface area contributed by atoms with Crippen molar-refractivity contribution < 1.29 is 0 Å². The third-order valence-electron chi connectivity index (χ3n) is 4.20. The van der Waals surface area contributed by atoms with Crippen LogP contribution in [0.5, 0.6) is 0 Å². The quantitative estimate of drug-likeness (QED) is 0.520. The molecule has 5 rings (SSSR count). The molecule has 0 atom stereocenters. The first-order valence-corrected chi connectivity index (χ1v) is 8.63. The van der Waals surface area contributed by atoms with Crippen molar-refractivity contribution in [1.82, 2.24) is 19.8 Å². The Labute approximate surface area is 141 Å². The molecule has 0 aliphatic heterocycles. The van der Waals surface area contributed by atoms with Gasteiger partial charge in [-0.3, -0.25) is 0 Å². The number of fused-ring (bicyclic) bond motifs is 4. The van der Waals surface area contributed by atoms with Crippen molar-refractivity contribution in [2.75, 3.05) is 0 Å². The van der Waals surface area contributed by atoms with Gasteiger partial charge in [-0.2, -0.15) is 9.61 Å². The van der Waals surface area contributed by atoms with Gasteiger partial charge in [0.2, 0.25) is 0 Å². The van der Waals surface area contributed by atoms with Gasteiger partial charge in [-0.1, -0.05) is 23.7 Å². The second-order valence-corrected chi connectivity index (χ2v) is 6.97. The smallest absolute Gasteiger partial charge is 0.191 e. The minimum Gasteiger partial charge on any atom is -0.191 e. The third-order valence-corrected chi connectivity index (χ3v) is 5.31. The molecule has 1 aliphatic carbocycles. The summed E-state index contributed by atoms with van der Waals surface area (Å²) in [5.41, 5.74) is 5.39. The first-order valence-electron chi connectivity index (χ1n) is 7.37. The number of aromatic nitrogens is 4. The van der Waals surface area contributed by atoms with Crippen molar-refractivity contribution in [3.63, 3.8) is 0 Å². The Hall–Kier alpha value is -2.24. The van der Waals surface area contributed by atoms with Crippen LogP contribution in [-0.2, 0) is 12.8 Å². The van der Waals surface area contributed by atoms with E-state index in [0.29, 0.717) is 0 Å². The lowest BCUT2D eigenvalue weighted by Crippen LogP contribution is -2.09. The molecule has 0 bridgehead atoms. The van der Waals surface area contributed by atoms with Gasteiger partial charge in [-0.05, 0) is 53.6 Å². The molecule has 0 saturated carbocycles. The Kier molecular flexibility index (Phi) is 2.80. The maximum atomic E-state index is 6.20. The van der Waals surface area contributed by atoms with E-state index in [4.69, 9.17) is 16.7 Å². The lowest BCUT2D eigenvalue weighted by Gasteiger charge is -2.19. The monoisotopic (exact) mass is 338 g/mol. The first kappa shape index (κ1) is 13.2. The second-order valence-electron chi connectivity index (χ2n) is 5.59. The summed E-state index contributed by atoms with van der Waals surface area (Å²) in [6.45, 7) is 0. The topological polar surface area (TPSA) is 43.1 Å². The number of rotatable bonds is 1. The standard InChI is InChI=1S/C17H11ClN4S/c18-12-6-5-10-3-4-11-8-15-19-20-17(14-2-1-7-23-14)22(15)21-16(11)13(10)9-12/h1-2,5-9H,3-4H2. The molecule has 0 spiro atoms. The number of benzene rings is 1. The normalized spacial score (nSPS) is 13.1. The van der Waals surface area contributed by atoms with E-state index in [1.807, 2.05) is 34.2 Å². The molecule has 3 aromatic heterocycles. The van der Waals surface area contributed by atoms with Crippen LogP contribution >= 0.6 is 22.9 Å². The molecular weight excluding hydrogens is 328 g/mol. The van der Waals surface area contributed by atoms with E-state index in [9.17, 15) is 0 Å². The highest BCUT2D eigenvalue weighted by atomic mass is 35.5. The molecule has 3 heterocycles. The highest BCUT2D eigenvalue weighted by Crippen LogP contribution is 2.34. The molecule has 112 valence electrons. The Morgan fingerprint density at radius 2 is 1.96 bits per heavy atom. The van der Waals surface area contributed by atoms with Gasteiger partial charge < -0.3 is 0 Å². The van der Waals surface area contributed by atoms with E-state index >= 15 is 0 Å². The molecule has 0 radical (unpaired) electrons. The number of hydrogen-bond donors (Lipinski definition) is 0. The van der Waals surface area contributed by atoms with Gasteiger partial charge in [0.25, 0.3) is 0 Å². The zero-order chi connectivity index (χ0) is 15.4. The van der Waals surface area contributed by atoms with Crippen LogP contribution in [-0.4, -0.2) is 19.8 Å². The van der Waals surface area contributed by atoms with E-state index in [-0.39, 0.29) is 0 Å². The predicted octanol–water partition coefficient (Wildman–Crippen LogP) is 4.27. The zero-order valence-corrected chi connectivity index (χ0v) is 13.6. The van der Waals surface area contributed by atoms with Gasteiger partial charge in [-0.25, -0.2) is 0 Å². The maximum absolute atomic E-state index is 6.20. The number of halogens is 1. The molecular formula is C17H11ClN4S. The molecule has 0 N–H and O–H groups in total. The van der Waals surface area contributed by atoms with Crippen LogP contribution in [0.25, 0.3) is 27.6 Å². The first-order chi connectivity index (χ1) is 11.3. The Balaban J connectivity index is 1.80. The van der Waals surface area contributed by atoms with Crippen LogP contribution in [0.2, 0.25) is 5.02 Å². The van der Waals surface area contributed by atoms with Gasteiger partial charge in [0.15, 0.2) is 11.5 Å². The average molecular weight is 339 g/mol. The summed E-state index contributed by atoms with van der Waals surface area (Å²) in [4.78, 5) is 1.06. The number of hydrogen-bond acceptors (Lipinski definition) is 4. The number of nitrogens with zero attached hydrogens (tertiary/aromatic N) is 4. The van der Waals surface area contributed by atoms with Crippen LogP contribution in [0.1, 0.15) is 11.1 Å². The third kappa shape index (κ3) is 2.00. The summed E-state index contributed by atoms with van der Waals surface area (Å²) in [6, 6.07) is 12.2. The minimum absolute atomic E-state index is 0.737. The fraction of sp³-hybridized carbons (Fsp3) is 0.118. The molecule has 0 amide bonds. The van der Waals surface area contributed by atoms with E-state index in [1.54, 1.807) is 11.3 Å². The van der Waals surface area contributed by atoms with Crippen LogP contribution in [0, 0.1) is 0 Å². The fourth-order valence-electron chi connectivity index (χ4n) is 3.10. The van der Waals surface area contributed by atoms with Crippen LogP contribution in [0.15, 0.2) is 41.8 Å². The fourth-order valence-corrected chi connectivity index (χ4v) is 3.97. The van der Waals surface area contributed by atoms with Gasteiger partial charge in [0.1, 0.15) is 0 Å². The molecule has 23 heavy (non-hydrogen) atoms. The summed E-state index contributed by atoms with van der Waals surface area (Å²) >= 11 is 7.83. The van der Waals surface area contributed by atoms with E-state index < -0.39 is 0 Å². The number of aryl methyl sites for hydroxylation is 2. The Morgan fingerprint density at radius 3 is 2.83 bits per heavy atom. The molecule has 4 nitrogen and oxygen atoms in total. The molecule has 1 aliphatic rings. The van der Waals surface area contributed by atoms with Gasteiger partial charge in [0, 0.05) is 10.6 Å². The van der Waals surface area contributed by atoms with Crippen molar-refractivity contribution in [1.29, 1.82) is 0 Å². The molecule has 6 heteroatoms. The molecule has 0 unspecified atom stereocenters. The van der Waals surface area contributed by atoms with Crippen molar-refractivity contribution in [2.45, 2.75) is 12.8 Å². The predicted molar refractivity (Wildman–Crippen MR) is 91.9 cm³/mol. The number of thiophene rings is 1. The lowest BCUT2D eigenvalue weighted by molar-refractivity contribution is 0.872. The highest BCUT2D eigenvalue weighted by Gasteiger charge is 2.21. The summed E-state index contributed by atoms with van der Waals surface area (Å²) in [7, 11) is 0. The largest absolute Gasteiger partial charge is 0.195 e. The Morgan fingerprint density at radius 1 is 1.04 bits per heavy atom. The second kappa shape index (κ2) is 4.88. The van der Waals surface area contributed by atoms with Crippen molar-refractivity contribution in [2.24, 2.45) is 0 Å². The van der Waals surface area contributed by atoms with Crippen molar-refractivity contribution in [3.8, 4) is 22.0 Å². The Bertz CT molecular complexity index is 1040. The highest BCUT2D eigenvalue weighted by molar-refractivity contribution is 7.13. The lowest BCUT2D eigenvalue weighted by atomic mass is 9.89. The van der Waals surface area contributed by atoms with E-state index in [1.165, 1.54) is 11.1 Å². The van der Waals surface area contributed by atoms with Crippen LogP contribution < -0.4 is 0 Å². The molecule has 0 fully saturated rings.